The van der Waals surface area contributed by atoms with E-state index in [4.69, 9.17) is 4.74 Å². The number of carbonyl (C=O) groups excluding carboxylic acids is 2. The highest BCUT2D eigenvalue weighted by Crippen LogP contribution is 2.48. The molecule has 2 rings (SSSR count). The van der Waals surface area contributed by atoms with Gasteiger partial charge in [0.15, 0.2) is 0 Å². The van der Waals surface area contributed by atoms with Crippen LogP contribution in [0.1, 0.15) is 39.5 Å². The molecule has 2 aliphatic rings. The SMILES string of the molecule is C=CC1=C(C)C2=CCCC(=O)[C@@]2(COC(C)=O)CC1. The summed E-state index contributed by atoms with van der Waals surface area (Å²) in [4.78, 5) is 23.5. The van der Waals surface area contributed by atoms with Crippen LogP contribution in [-0.4, -0.2) is 18.4 Å². The summed E-state index contributed by atoms with van der Waals surface area (Å²) in [6.07, 6.45) is 6.84. The van der Waals surface area contributed by atoms with E-state index in [1.165, 1.54) is 12.5 Å². The van der Waals surface area contributed by atoms with Crippen LogP contribution in [-0.2, 0) is 14.3 Å². The summed E-state index contributed by atoms with van der Waals surface area (Å²) in [5, 5.41) is 0. The van der Waals surface area contributed by atoms with Crippen LogP contribution in [0.5, 0.6) is 0 Å². The lowest BCUT2D eigenvalue weighted by Gasteiger charge is -2.41. The van der Waals surface area contributed by atoms with Crippen molar-refractivity contribution in [2.75, 3.05) is 6.61 Å². The van der Waals surface area contributed by atoms with E-state index in [1.807, 2.05) is 13.0 Å². The molecule has 0 radical (unpaired) electrons. The summed E-state index contributed by atoms with van der Waals surface area (Å²) < 4.78 is 5.18. The Morgan fingerprint density at radius 2 is 2.26 bits per heavy atom. The lowest BCUT2D eigenvalue weighted by Crippen LogP contribution is -2.42. The van der Waals surface area contributed by atoms with E-state index in [0.29, 0.717) is 12.8 Å². The van der Waals surface area contributed by atoms with E-state index in [1.54, 1.807) is 0 Å². The largest absolute Gasteiger partial charge is 0.464 e. The lowest BCUT2D eigenvalue weighted by molar-refractivity contribution is -0.147. The summed E-state index contributed by atoms with van der Waals surface area (Å²) in [5.74, 6) is -0.128. The Kier molecular flexibility index (Phi) is 3.74. The van der Waals surface area contributed by atoms with Crippen molar-refractivity contribution in [3.05, 3.63) is 35.5 Å². The third-order valence-electron chi connectivity index (χ3n) is 4.24. The molecule has 0 aromatic heterocycles. The van der Waals surface area contributed by atoms with Crippen LogP contribution in [0.2, 0.25) is 0 Å². The van der Waals surface area contributed by atoms with Gasteiger partial charge in [-0.15, -0.1) is 0 Å². The number of rotatable bonds is 3. The van der Waals surface area contributed by atoms with E-state index < -0.39 is 5.41 Å². The summed E-state index contributed by atoms with van der Waals surface area (Å²) in [6, 6.07) is 0. The molecule has 0 fully saturated rings. The van der Waals surface area contributed by atoms with Crippen LogP contribution in [0.3, 0.4) is 0 Å². The predicted octanol–water partition coefficient (Wildman–Crippen LogP) is 3.12. The Morgan fingerprint density at radius 1 is 1.53 bits per heavy atom. The van der Waals surface area contributed by atoms with E-state index >= 15 is 0 Å². The Hall–Kier alpha value is -1.64. The first-order chi connectivity index (χ1) is 9.01. The van der Waals surface area contributed by atoms with Gasteiger partial charge in [-0.05, 0) is 42.9 Å². The van der Waals surface area contributed by atoms with Crippen molar-refractivity contribution in [1.29, 1.82) is 0 Å². The molecule has 0 N–H and O–H groups in total. The van der Waals surface area contributed by atoms with Gasteiger partial charge in [-0.3, -0.25) is 9.59 Å². The smallest absolute Gasteiger partial charge is 0.302 e. The van der Waals surface area contributed by atoms with Crippen molar-refractivity contribution in [2.24, 2.45) is 5.41 Å². The highest BCUT2D eigenvalue weighted by Gasteiger charge is 2.46. The van der Waals surface area contributed by atoms with E-state index in [-0.39, 0.29) is 18.4 Å². The molecular formula is C16H20O3. The second-order valence-corrected chi connectivity index (χ2v) is 5.30. The number of carbonyl (C=O) groups is 2. The maximum absolute atomic E-state index is 12.4. The monoisotopic (exact) mass is 260 g/mol. The quantitative estimate of drug-likeness (QED) is 0.732. The Morgan fingerprint density at radius 3 is 2.89 bits per heavy atom. The zero-order valence-corrected chi connectivity index (χ0v) is 11.6. The molecule has 0 aromatic carbocycles. The minimum absolute atomic E-state index is 0.175. The number of hydrogen-bond donors (Lipinski definition) is 0. The number of fused-ring (bicyclic) bond motifs is 1. The molecule has 0 aliphatic heterocycles. The Labute approximate surface area is 114 Å². The van der Waals surface area contributed by atoms with Crippen LogP contribution in [0.25, 0.3) is 0 Å². The van der Waals surface area contributed by atoms with Crippen LogP contribution < -0.4 is 0 Å². The molecule has 3 heteroatoms. The summed E-state index contributed by atoms with van der Waals surface area (Å²) >= 11 is 0. The number of ether oxygens (including phenoxy) is 1. The zero-order chi connectivity index (χ0) is 14.0. The molecule has 19 heavy (non-hydrogen) atoms. The Balaban J connectivity index is 2.43. The average molecular weight is 260 g/mol. The van der Waals surface area contributed by atoms with E-state index in [0.717, 1.165) is 24.0 Å². The number of ketones is 1. The molecule has 102 valence electrons. The van der Waals surface area contributed by atoms with Gasteiger partial charge in [-0.1, -0.05) is 18.7 Å². The van der Waals surface area contributed by atoms with Gasteiger partial charge in [0.05, 0.1) is 5.41 Å². The first kappa shape index (κ1) is 13.8. The van der Waals surface area contributed by atoms with Crippen LogP contribution in [0.4, 0.5) is 0 Å². The maximum Gasteiger partial charge on any atom is 0.302 e. The topological polar surface area (TPSA) is 43.4 Å². The van der Waals surface area contributed by atoms with Crippen molar-refractivity contribution in [1.82, 2.24) is 0 Å². The number of hydrogen-bond acceptors (Lipinski definition) is 3. The van der Waals surface area contributed by atoms with Gasteiger partial charge < -0.3 is 4.74 Å². The number of esters is 1. The minimum Gasteiger partial charge on any atom is -0.464 e. The maximum atomic E-state index is 12.4. The molecule has 2 aliphatic carbocycles. The third-order valence-corrected chi connectivity index (χ3v) is 4.24. The molecule has 0 unspecified atom stereocenters. The molecule has 0 saturated carbocycles. The molecule has 3 nitrogen and oxygen atoms in total. The van der Waals surface area contributed by atoms with Crippen molar-refractivity contribution < 1.29 is 14.3 Å². The van der Waals surface area contributed by atoms with Crippen molar-refractivity contribution in [3.63, 3.8) is 0 Å². The first-order valence-electron chi connectivity index (χ1n) is 6.71. The molecule has 0 aromatic rings. The highest BCUT2D eigenvalue weighted by molar-refractivity contribution is 5.91. The molecule has 0 amide bonds. The fraction of sp³-hybridized carbons (Fsp3) is 0.500. The van der Waals surface area contributed by atoms with Crippen LogP contribution in [0, 0.1) is 5.41 Å². The van der Waals surface area contributed by atoms with Gasteiger partial charge in [0.1, 0.15) is 12.4 Å². The van der Waals surface area contributed by atoms with Crippen molar-refractivity contribution in [3.8, 4) is 0 Å². The molecule has 1 atom stereocenters. The zero-order valence-electron chi connectivity index (χ0n) is 11.6. The van der Waals surface area contributed by atoms with Gasteiger partial charge in [0, 0.05) is 13.3 Å². The average Bonchev–Trinajstić information content (AvgIpc) is 2.38. The minimum atomic E-state index is -0.611. The summed E-state index contributed by atoms with van der Waals surface area (Å²) in [7, 11) is 0. The van der Waals surface area contributed by atoms with Crippen LogP contribution >= 0.6 is 0 Å². The van der Waals surface area contributed by atoms with Crippen molar-refractivity contribution >= 4 is 11.8 Å². The van der Waals surface area contributed by atoms with E-state index in [9.17, 15) is 9.59 Å². The Bertz CT molecular complexity index is 496. The van der Waals surface area contributed by atoms with Gasteiger partial charge in [-0.25, -0.2) is 0 Å². The van der Waals surface area contributed by atoms with Gasteiger partial charge >= 0.3 is 5.97 Å². The van der Waals surface area contributed by atoms with Gasteiger partial charge in [-0.2, -0.15) is 0 Å². The lowest BCUT2D eigenvalue weighted by atomic mass is 9.63. The molecule has 0 spiro atoms. The second kappa shape index (κ2) is 5.16. The van der Waals surface area contributed by atoms with E-state index in [2.05, 4.69) is 12.7 Å². The predicted molar refractivity (Wildman–Crippen MR) is 73.5 cm³/mol. The summed E-state index contributed by atoms with van der Waals surface area (Å²) in [6.45, 7) is 7.42. The molecule has 0 saturated heterocycles. The van der Waals surface area contributed by atoms with Gasteiger partial charge in [0.2, 0.25) is 0 Å². The second-order valence-electron chi connectivity index (χ2n) is 5.30. The molecular weight excluding hydrogens is 240 g/mol. The third kappa shape index (κ3) is 2.29. The normalized spacial score (nSPS) is 26.6. The van der Waals surface area contributed by atoms with Crippen LogP contribution in [0.15, 0.2) is 35.5 Å². The fourth-order valence-corrected chi connectivity index (χ4v) is 3.14. The number of allylic oxidation sites excluding steroid dienone is 4. The fourth-order valence-electron chi connectivity index (χ4n) is 3.14. The standard InChI is InChI=1S/C16H20O3/c1-4-13-8-9-16(10-19-12(3)17)14(11(13)2)6-5-7-15(16)18/h4,6H,1,5,7-10H2,2-3H3/t16-/m1/s1. The first-order valence-corrected chi connectivity index (χ1v) is 6.71. The van der Waals surface area contributed by atoms with Crippen molar-refractivity contribution in [2.45, 2.75) is 39.5 Å². The summed E-state index contributed by atoms with van der Waals surface area (Å²) in [5.41, 5.74) is 2.76. The number of Topliss-reactive ketones (excluding diaryl/α,β-unsaturated/α-hetero) is 1. The molecule has 0 bridgehead atoms. The highest BCUT2D eigenvalue weighted by atomic mass is 16.5. The van der Waals surface area contributed by atoms with Gasteiger partial charge in [0.25, 0.3) is 0 Å². The molecule has 0 heterocycles.